The zero-order chi connectivity index (χ0) is 10.5. The van der Waals surface area contributed by atoms with Gasteiger partial charge in [-0.15, -0.1) is 12.3 Å². The van der Waals surface area contributed by atoms with E-state index in [-0.39, 0.29) is 0 Å². The minimum absolute atomic E-state index is 0.430. The maximum atomic E-state index is 11.7. The smallest absolute Gasteiger partial charge is 0.136 e. The zero-order valence-electron chi connectivity index (χ0n) is 9.22. The van der Waals surface area contributed by atoms with E-state index in [2.05, 4.69) is 5.92 Å². The van der Waals surface area contributed by atoms with Crippen LogP contribution in [0.4, 0.5) is 0 Å². The summed E-state index contributed by atoms with van der Waals surface area (Å²) in [6, 6.07) is 0. The summed E-state index contributed by atoms with van der Waals surface area (Å²) in [6.45, 7) is 0. The standard InChI is InChI=1S/C14H18O/c1-2-3-6-13-7-4-8-14(13)10-11(14)12(15)5-9-13/h1,11H,3-10H2/t11-,13-,14-/m0/s1. The molecule has 15 heavy (non-hydrogen) atoms. The van der Waals surface area contributed by atoms with E-state index >= 15 is 0 Å². The van der Waals surface area contributed by atoms with Gasteiger partial charge >= 0.3 is 0 Å². The second kappa shape index (κ2) is 2.88. The van der Waals surface area contributed by atoms with Crippen molar-refractivity contribution in [2.45, 2.75) is 51.4 Å². The Bertz CT molecular complexity index is 351. The quantitative estimate of drug-likeness (QED) is 0.629. The number of carbonyl (C=O) groups is 1. The maximum absolute atomic E-state index is 11.7. The fourth-order valence-corrected chi connectivity index (χ4v) is 4.57. The molecule has 0 saturated heterocycles. The summed E-state index contributed by atoms with van der Waals surface area (Å²) in [5, 5.41) is 0. The average molecular weight is 202 g/mol. The van der Waals surface area contributed by atoms with Crippen molar-refractivity contribution in [1.82, 2.24) is 0 Å². The molecule has 0 heterocycles. The molecule has 0 bridgehead atoms. The first-order valence-corrected chi connectivity index (χ1v) is 6.20. The van der Waals surface area contributed by atoms with Crippen LogP contribution in [0.2, 0.25) is 0 Å². The van der Waals surface area contributed by atoms with Crippen LogP contribution in [-0.4, -0.2) is 5.78 Å². The van der Waals surface area contributed by atoms with E-state index in [9.17, 15) is 4.79 Å². The Balaban J connectivity index is 1.88. The van der Waals surface area contributed by atoms with Crippen molar-refractivity contribution < 1.29 is 4.79 Å². The van der Waals surface area contributed by atoms with E-state index in [0.717, 1.165) is 19.3 Å². The number of terminal acetylenes is 1. The Morgan fingerprint density at radius 1 is 1.40 bits per heavy atom. The van der Waals surface area contributed by atoms with Crippen LogP contribution in [0.1, 0.15) is 51.4 Å². The molecule has 0 radical (unpaired) electrons. The number of carbonyl (C=O) groups excluding carboxylic acids is 1. The monoisotopic (exact) mass is 202 g/mol. The zero-order valence-corrected chi connectivity index (χ0v) is 9.22. The van der Waals surface area contributed by atoms with Gasteiger partial charge in [-0.25, -0.2) is 0 Å². The minimum Gasteiger partial charge on any atom is -0.299 e. The van der Waals surface area contributed by atoms with Crippen LogP contribution in [-0.2, 0) is 4.79 Å². The van der Waals surface area contributed by atoms with Gasteiger partial charge in [-0.3, -0.25) is 4.79 Å². The molecule has 3 aliphatic carbocycles. The van der Waals surface area contributed by atoms with Gasteiger partial charge in [0.15, 0.2) is 0 Å². The van der Waals surface area contributed by atoms with Gasteiger partial charge in [-0.2, -0.15) is 0 Å². The molecule has 0 amide bonds. The fraction of sp³-hybridized carbons (Fsp3) is 0.786. The molecule has 0 aromatic heterocycles. The Kier molecular flexibility index (Phi) is 1.81. The van der Waals surface area contributed by atoms with Crippen molar-refractivity contribution >= 4 is 5.78 Å². The third kappa shape index (κ3) is 1.03. The largest absolute Gasteiger partial charge is 0.299 e. The minimum atomic E-state index is 0.430. The van der Waals surface area contributed by atoms with E-state index in [1.807, 2.05) is 0 Å². The van der Waals surface area contributed by atoms with Gasteiger partial charge in [0, 0.05) is 18.8 Å². The number of rotatable bonds is 2. The molecular formula is C14H18O. The summed E-state index contributed by atoms with van der Waals surface area (Å²) in [5.41, 5.74) is 0.900. The highest BCUT2D eigenvalue weighted by Crippen LogP contribution is 2.76. The molecule has 0 aromatic carbocycles. The Morgan fingerprint density at radius 2 is 2.27 bits per heavy atom. The van der Waals surface area contributed by atoms with Gasteiger partial charge in [-0.05, 0) is 42.9 Å². The van der Waals surface area contributed by atoms with E-state index in [4.69, 9.17) is 6.42 Å². The van der Waals surface area contributed by atoms with Crippen LogP contribution >= 0.6 is 0 Å². The van der Waals surface area contributed by atoms with Crippen LogP contribution in [0.3, 0.4) is 0 Å². The van der Waals surface area contributed by atoms with Gasteiger partial charge in [0.1, 0.15) is 5.78 Å². The first-order valence-electron chi connectivity index (χ1n) is 6.20. The van der Waals surface area contributed by atoms with E-state index in [1.54, 1.807) is 0 Å². The maximum Gasteiger partial charge on any atom is 0.136 e. The first-order chi connectivity index (χ1) is 7.24. The predicted molar refractivity (Wildman–Crippen MR) is 59.1 cm³/mol. The summed E-state index contributed by atoms with van der Waals surface area (Å²) in [7, 11) is 0. The Hall–Kier alpha value is -0.770. The highest BCUT2D eigenvalue weighted by molar-refractivity contribution is 5.86. The molecule has 80 valence electrons. The second-order valence-electron chi connectivity index (χ2n) is 5.72. The lowest BCUT2D eigenvalue weighted by Gasteiger charge is -2.39. The molecule has 3 rings (SSSR count). The molecule has 3 fully saturated rings. The lowest BCUT2D eigenvalue weighted by atomic mass is 9.64. The number of Topliss-reactive ketones (excluding diaryl/α,β-unsaturated/α-hetero) is 1. The molecule has 0 N–H and O–H groups in total. The summed E-state index contributed by atoms with van der Waals surface area (Å²) >= 11 is 0. The molecular weight excluding hydrogens is 184 g/mol. The molecule has 1 spiro atoms. The Labute approximate surface area is 91.6 Å². The third-order valence-corrected chi connectivity index (χ3v) is 5.40. The molecule has 0 aliphatic heterocycles. The Morgan fingerprint density at radius 3 is 3.07 bits per heavy atom. The number of hydrogen-bond donors (Lipinski definition) is 0. The van der Waals surface area contributed by atoms with Crippen LogP contribution in [0, 0.1) is 29.1 Å². The van der Waals surface area contributed by atoms with Crippen molar-refractivity contribution in [1.29, 1.82) is 0 Å². The molecule has 3 aliphatic rings. The van der Waals surface area contributed by atoms with Gasteiger partial charge in [0.2, 0.25) is 0 Å². The van der Waals surface area contributed by atoms with Crippen molar-refractivity contribution in [3.8, 4) is 12.3 Å². The average Bonchev–Trinajstić information content (AvgIpc) is 2.86. The fourth-order valence-electron chi connectivity index (χ4n) is 4.57. The summed E-state index contributed by atoms with van der Waals surface area (Å²) in [5.74, 6) is 3.77. The predicted octanol–water partition coefficient (Wildman–Crippen LogP) is 2.94. The summed E-state index contributed by atoms with van der Waals surface area (Å²) in [6.07, 6.45) is 14.6. The summed E-state index contributed by atoms with van der Waals surface area (Å²) in [4.78, 5) is 11.7. The van der Waals surface area contributed by atoms with Gasteiger partial charge in [-0.1, -0.05) is 6.42 Å². The van der Waals surface area contributed by atoms with E-state index < -0.39 is 0 Å². The molecule has 3 atom stereocenters. The van der Waals surface area contributed by atoms with Crippen molar-refractivity contribution in [3.05, 3.63) is 0 Å². The van der Waals surface area contributed by atoms with Gasteiger partial charge in [0.05, 0.1) is 0 Å². The number of ketones is 1. The molecule has 1 heteroatoms. The molecule has 3 saturated carbocycles. The van der Waals surface area contributed by atoms with Crippen molar-refractivity contribution in [2.75, 3.05) is 0 Å². The number of hydrogen-bond acceptors (Lipinski definition) is 1. The van der Waals surface area contributed by atoms with E-state index in [0.29, 0.717) is 22.5 Å². The topological polar surface area (TPSA) is 17.1 Å². The highest BCUT2D eigenvalue weighted by atomic mass is 16.1. The molecule has 0 aromatic rings. The third-order valence-electron chi connectivity index (χ3n) is 5.40. The highest BCUT2D eigenvalue weighted by Gasteiger charge is 2.71. The van der Waals surface area contributed by atoms with Crippen LogP contribution in [0.15, 0.2) is 0 Å². The van der Waals surface area contributed by atoms with Crippen LogP contribution < -0.4 is 0 Å². The molecule has 0 unspecified atom stereocenters. The van der Waals surface area contributed by atoms with Crippen molar-refractivity contribution in [3.63, 3.8) is 0 Å². The van der Waals surface area contributed by atoms with Crippen LogP contribution in [0.25, 0.3) is 0 Å². The van der Waals surface area contributed by atoms with E-state index in [1.165, 1.54) is 32.1 Å². The lowest BCUT2D eigenvalue weighted by Crippen LogP contribution is -2.34. The second-order valence-corrected chi connectivity index (χ2v) is 5.72. The van der Waals surface area contributed by atoms with Gasteiger partial charge in [0.25, 0.3) is 0 Å². The lowest BCUT2D eigenvalue weighted by molar-refractivity contribution is -0.125. The molecule has 1 nitrogen and oxygen atoms in total. The SMILES string of the molecule is C#CCC[C@@]12CCC[C@@]13C[C@H]3C(=O)CC2. The first kappa shape index (κ1) is 9.46. The summed E-state index contributed by atoms with van der Waals surface area (Å²) < 4.78 is 0. The van der Waals surface area contributed by atoms with Crippen molar-refractivity contribution in [2.24, 2.45) is 16.7 Å². The van der Waals surface area contributed by atoms with Crippen LogP contribution in [0.5, 0.6) is 0 Å². The normalized spacial score (nSPS) is 46.9. The van der Waals surface area contributed by atoms with Gasteiger partial charge < -0.3 is 0 Å².